The number of methoxy groups -OCH3 is 3. The number of aromatic nitrogens is 3. The van der Waals surface area contributed by atoms with Crippen molar-refractivity contribution in [2.24, 2.45) is 5.92 Å². The van der Waals surface area contributed by atoms with E-state index in [0.29, 0.717) is 58.0 Å². The molecule has 0 atom stereocenters. The Hall–Kier alpha value is -3.84. The zero-order chi connectivity index (χ0) is 30.5. The van der Waals surface area contributed by atoms with Crippen molar-refractivity contribution < 1.29 is 28.8 Å². The molecule has 2 aromatic heterocycles. The number of anilines is 4. The van der Waals surface area contributed by atoms with Crippen LogP contribution in [0.15, 0.2) is 12.1 Å². The van der Waals surface area contributed by atoms with E-state index in [1.807, 2.05) is 12.1 Å². The molecule has 0 saturated carbocycles. The van der Waals surface area contributed by atoms with Crippen molar-refractivity contribution in [2.45, 2.75) is 46.1 Å². The Morgan fingerprint density at radius 2 is 1.74 bits per heavy atom. The number of thiazole rings is 1. The zero-order valence-electron chi connectivity index (χ0n) is 25.4. The van der Waals surface area contributed by atoms with Crippen molar-refractivity contribution in [3.63, 3.8) is 0 Å². The van der Waals surface area contributed by atoms with Gasteiger partial charge in [0.15, 0.2) is 16.6 Å². The number of nitrogens with zero attached hydrogens (tertiary/aromatic N) is 5. The first kappa shape index (κ1) is 30.6. The third kappa shape index (κ3) is 6.57. The first-order chi connectivity index (χ1) is 20.9. The number of rotatable bonds is 11. The summed E-state index contributed by atoms with van der Waals surface area (Å²) >= 11 is 1.23. The van der Waals surface area contributed by atoms with Crippen LogP contribution in [0.5, 0.6) is 17.2 Å². The summed E-state index contributed by atoms with van der Waals surface area (Å²) in [5.74, 6) is 3.85. The number of esters is 1. The minimum atomic E-state index is -0.388. The highest BCUT2D eigenvalue weighted by molar-refractivity contribution is 7.17. The van der Waals surface area contributed by atoms with Gasteiger partial charge in [0, 0.05) is 38.3 Å². The van der Waals surface area contributed by atoms with Crippen LogP contribution in [0.3, 0.4) is 0 Å². The van der Waals surface area contributed by atoms with Crippen LogP contribution < -0.4 is 29.3 Å². The normalized spacial score (nSPS) is 15.2. The van der Waals surface area contributed by atoms with Crippen molar-refractivity contribution in [3.8, 4) is 17.2 Å². The molecule has 1 aromatic carbocycles. The third-order valence-corrected chi connectivity index (χ3v) is 8.92. The number of piperidine rings is 1. The maximum atomic E-state index is 12.4. The zero-order valence-corrected chi connectivity index (χ0v) is 26.3. The minimum absolute atomic E-state index is 0.206. The van der Waals surface area contributed by atoms with Gasteiger partial charge < -0.3 is 33.9 Å². The molecule has 0 aliphatic carbocycles. The van der Waals surface area contributed by atoms with Crippen LogP contribution in [0.4, 0.5) is 22.7 Å². The topological polar surface area (TPSA) is 131 Å². The van der Waals surface area contributed by atoms with Gasteiger partial charge in [-0.05, 0) is 63.1 Å². The standard InChI is InChI=1S/C30H40N6O6S/c1-6-42-28(38)25-18(2)31-30(43-25)34-29-32-26(35-12-9-19(17-37)10-13-35)21-8-7-11-36(27(21)33-29)16-20-14-22(39-3)24(41-5)23(15-20)40-4/h14-15,19,37H,6-13,16-17H2,1-5H3,(H,31,32,33,34). The number of hydrogen-bond donors (Lipinski definition) is 2. The Morgan fingerprint density at radius 3 is 2.37 bits per heavy atom. The first-order valence-electron chi connectivity index (χ1n) is 14.6. The summed E-state index contributed by atoms with van der Waals surface area (Å²) in [5, 5.41) is 13.5. The van der Waals surface area contributed by atoms with Crippen molar-refractivity contribution in [1.82, 2.24) is 15.0 Å². The second kappa shape index (κ2) is 13.6. The number of fused-ring (bicyclic) bond motifs is 1. The molecule has 3 aromatic rings. The van der Waals surface area contributed by atoms with E-state index in [-0.39, 0.29) is 12.6 Å². The molecule has 0 bridgehead atoms. The molecule has 2 aliphatic rings. The Morgan fingerprint density at radius 1 is 1.05 bits per heavy atom. The third-order valence-electron chi connectivity index (χ3n) is 7.86. The van der Waals surface area contributed by atoms with Crippen LogP contribution in [-0.4, -0.2) is 80.2 Å². The summed E-state index contributed by atoms with van der Waals surface area (Å²) in [7, 11) is 4.82. The molecular formula is C30H40N6O6S. The van der Waals surface area contributed by atoms with Crippen molar-refractivity contribution in [3.05, 3.63) is 33.8 Å². The molecule has 0 unspecified atom stereocenters. The summed E-state index contributed by atoms with van der Waals surface area (Å²) in [4.78, 5) is 32.0. The number of benzene rings is 1. The van der Waals surface area contributed by atoms with Gasteiger partial charge in [-0.25, -0.2) is 9.78 Å². The molecule has 5 rings (SSSR count). The van der Waals surface area contributed by atoms with Crippen LogP contribution in [-0.2, 0) is 17.7 Å². The molecule has 2 N–H and O–H groups in total. The average Bonchev–Trinajstić information content (AvgIpc) is 3.40. The lowest BCUT2D eigenvalue weighted by atomic mass is 9.97. The highest BCUT2D eigenvalue weighted by Gasteiger charge is 2.29. The van der Waals surface area contributed by atoms with Gasteiger partial charge in [-0.15, -0.1) is 0 Å². The summed E-state index contributed by atoms with van der Waals surface area (Å²) in [6, 6.07) is 3.93. The predicted molar refractivity (Wildman–Crippen MR) is 166 cm³/mol. The average molecular weight is 613 g/mol. The molecule has 1 fully saturated rings. The number of nitrogens with one attached hydrogen (secondary N) is 1. The van der Waals surface area contributed by atoms with E-state index >= 15 is 0 Å². The number of carbonyl (C=O) groups is 1. The fourth-order valence-corrected chi connectivity index (χ4v) is 6.53. The molecule has 0 amide bonds. The smallest absolute Gasteiger partial charge is 0.350 e. The summed E-state index contributed by atoms with van der Waals surface area (Å²) in [6.45, 7) is 7.09. The minimum Gasteiger partial charge on any atom is -0.493 e. The van der Waals surface area contributed by atoms with Gasteiger partial charge in [0.05, 0.1) is 33.6 Å². The first-order valence-corrected chi connectivity index (χ1v) is 15.4. The molecule has 2 aliphatic heterocycles. The van der Waals surface area contributed by atoms with Crippen molar-refractivity contribution >= 4 is 40.0 Å². The van der Waals surface area contributed by atoms with Crippen LogP contribution in [0, 0.1) is 12.8 Å². The van der Waals surface area contributed by atoms with E-state index in [0.717, 1.165) is 68.1 Å². The molecule has 13 heteroatoms. The molecule has 12 nitrogen and oxygen atoms in total. The number of hydrogen-bond acceptors (Lipinski definition) is 13. The highest BCUT2D eigenvalue weighted by atomic mass is 32.1. The Balaban J connectivity index is 1.52. The molecule has 0 spiro atoms. The lowest BCUT2D eigenvalue weighted by Gasteiger charge is -2.37. The van der Waals surface area contributed by atoms with Gasteiger partial charge in [-0.3, -0.25) is 5.32 Å². The number of ether oxygens (including phenoxy) is 4. The van der Waals surface area contributed by atoms with E-state index < -0.39 is 0 Å². The van der Waals surface area contributed by atoms with Gasteiger partial charge in [0.25, 0.3) is 0 Å². The van der Waals surface area contributed by atoms with Crippen molar-refractivity contribution in [1.29, 1.82) is 0 Å². The van der Waals surface area contributed by atoms with E-state index in [1.54, 1.807) is 35.2 Å². The molecule has 4 heterocycles. The van der Waals surface area contributed by atoms with Gasteiger partial charge >= 0.3 is 5.97 Å². The molecule has 0 radical (unpaired) electrons. The van der Waals surface area contributed by atoms with Gasteiger partial charge in [0.2, 0.25) is 11.7 Å². The van der Waals surface area contributed by atoms with Gasteiger partial charge in [-0.2, -0.15) is 9.97 Å². The molecule has 1 saturated heterocycles. The van der Waals surface area contributed by atoms with Gasteiger partial charge in [0.1, 0.15) is 16.5 Å². The van der Waals surface area contributed by atoms with Crippen LogP contribution in [0.25, 0.3) is 0 Å². The lowest BCUT2D eigenvalue weighted by molar-refractivity contribution is 0.0531. The lowest BCUT2D eigenvalue weighted by Crippen LogP contribution is -2.38. The number of aryl methyl sites for hydroxylation is 1. The van der Waals surface area contributed by atoms with Crippen LogP contribution >= 0.6 is 11.3 Å². The van der Waals surface area contributed by atoms with E-state index in [9.17, 15) is 9.90 Å². The van der Waals surface area contributed by atoms with Gasteiger partial charge in [-0.1, -0.05) is 11.3 Å². The molecular weight excluding hydrogens is 572 g/mol. The van der Waals surface area contributed by atoms with Crippen LogP contribution in [0.2, 0.25) is 0 Å². The Kier molecular flexibility index (Phi) is 9.71. The highest BCUT2D eigenvalue weighted by Crippen LogP contribution is 2.41. The van der Waals surface area contributed by atoms with E-state index in [4.69, 9.17) is 28.9 Å². The SMILES string of the molecule is CCOC(=O)c1sc(Nc2nc(N3CCC(CO)CC3)c3c(n2)N(Cc2cc(OC)c(OC)c(OC)c2)CCC3)nc1C. The molecule has 232 valence electrons. The Bertz CT molecular complexity index is 1420. The summed E-state index contributed by atoms with van der Waals surface area (Å²) in [5.41, 5.74) is 2.70. The maximum absolute atomic E-state index is 12.4. The molecule has 43 heavy (non-hydrogen) atoms. The predicted octanol–water partition coefficient (Wildman–Crippen LogP) is 4.35. The van der Waals surface area contributed by atoms with E-state index in [2.05, 4.69) is 20.1 Å². The maximum Gasteiger partial charge on any atom is 0.350 e. The Labute approximate surface area is 256 Å². The quantitative estimate of drug-likeness (QED) is 0.299. The number of carbonyl (C=O) groups excluding carboxylic acids is 1. The van der Waals surface area contributed by atoms with Crippen molar-refractivity contribution in [2.75, 3.05) is 69.3 Å². The second-order valence-electron chi connectivity index (χ2n) is 10.6. The fraction of sp³-hybridized carbons (Fsp3) is 0.533. The largest absolute Gasteiger partial charge is 0.493 e. The summed E-state index contributed by atoms with van der Waals surface area (Å²) in [6.07, 6.45) is 3.63. The second-order valence-corrected chi connectivity index (χ2v) is 11.6. The van der Waals surface area contributed by atoms with Crippen LogP contribution in [0.1, 0.15) is 52.7 Å². The summed E-state index contributed by atoms with van der Waals surface area (Å²) < 4.78 is 21.9. The number of aliphatic hydroxyl groups is 1. The fourth-order valence-electron chi connectivity index (χ4n) is 5.68. The van der Waals surface area contributed by atoms with E-state index in [1.165, 1.54) is 11.3 Å². The monoisotopic (exact) mass is 612 g/mol. The number of aliphatic hydroxyl groups excluding tert-OH is 1.